The molecule has 0 fully saturated rings. The number of carbonyl (C=O) groups is 2. The van der Waals surface area contributed by atoms with E-state index in [1.165, 1.54) is 26.9 Å². The number of hydrogen-bond donors (Lipinski definition) is 0. The number of quaternary nitrogens is 1. The van der Waals surface area contributed by atoms with E-state index < -0.39 is 35.9 Å². The van der Waals surface area contributed by atoms with Gasteiger partial charge >= 0.3 is 5.97 Å². The molecule has 0 aromatic rings. The van der Waals surface area contributed by atoms with Crippen molar-refractivity contribution in [3.63, 3.8) is 0 Å². The summed E-state index contributed by atoms with van der Waals surface area (Å²) in [5, 5.41) is 10.9. The third-order valence-electron chi connectivity index (χ3n) is 4.00. The summed E-state index contributed by atoms with van der Waals surface area (Å²) in [5.74, 6) is -1.85. The Morgan fingerprint density at radius 2 is 1.69 bits per heavy atom. The normalized spacial score (nSPS) is 15.3. The van der Waals surface area contributed by atoms with Crippen LogP contribution in [0.25, 0.3) is 0 Å². The molecule has 0 radical (unpaired) electrons. The molecule has 5 heteroatoms. The number of allylic oxidation sites excluding steroid dienone is 2. The summed E-state index contributed by atoms with van der Waals surface area (Å²) in [6, 6.07) is 0. The highest BCUT2D eigenvalue weighted by atomic mass is 16.5. The van der Waals surface area contributed by atoms with Crippen LogP contribution in [0.2, 0.25) is 0 Å². The largest absolute Gasteiger partial charge is 0.550 e. The molecule has 1 atom stereocenters. The van der Waals surface area contributed by atoms with Crippen LogP contribution in [0.5, 0.6) is 0 Å². The van der Waals surface area contributed by atoms with Gasteiger partial charge in [0.1, 0.15) is 6.54 Å². The average Bonchev–Trinajstić information content (AvgIpc) is 2.57. The highest BCUT2D eigenvalue weighted by molar-refractivity contribution is 5.70. The molecule has 0 saturated heterocycles. The molecule has 0 heterocycles. The van der Waals surface area contributed by atoms with Gasteiger partial charge in [-0.2, -0.15) is 0 Å². The fourth-order valence-corrected chi connectivity index (χ4v) is 2.70. The number of hydrogen-bond acceptors (Lipinski definition) is 4. The third-order valence-corrected chi connectivity index (χ3v) is 4.00. The van der Waals surface area contributed by atoms with Crippen LogP contribution in [-0.2, 0) is 14.3 Å². The minimum Gasteiger partial charge on any atom is -0.550 e. The van der Waals surface area contributed by atoms with Gasteiger partial charge in [-0.3, -0.25) is 4.79 Å². The van der Waals surface area contributed by atoms with Gasteiger partial charge in [-0.25, -0.2) is 0 Å². The van der Waals surface area contributed by atoms with Crippen molar-refractivity contribution in [1.82, 2.24) is 0 Å². The molecule has 26 heavy (non-hydrogen) atoms. The van der Waals surface area contributed by atoms with Crippen LogP contribution in [0, 0.1) is 0 Å². The first kappa shape index (κ1) is 19.4. The van der Waals surface area contributed by atoms with Gasteiger partial charge in [-0.15, -0.1) is 0 Å². The number of carboxylic acid groups (broad SMARTS) is 1. The first-order chi connectivity index (χ1) is 13.5. The number of carbonyl (C=O) groups excluding carboxylic acids is 2. The van der Waals surface area contributed by atoms with E-state index in [0.29, 0.717) is 6.42 Å². The Balaban J connectivity index is 4.11. The average molecular weight is 373 g/mol. The summed E-state index contributed by atoms with van der Waals surface area (Å²) in [4.78, 5) is 23.0. The van der Waals surface area contributed by atoms with E-state index in [2.05, 4.69) is 19.1 Å². The maximum absolute atomic E-state index is 12.0. The summed E-state index contributed by atoms with van der Waals surface area (Å²) < 4.78 is 27.4. The summed E-state index contributed by atoms with van der Waals surface area (Å²) in [5.41, 5.74) is 0. The minimum atomic E-state index is -2.33. The van der Waals surface area contributed by atoms with Crippen molar-refractivity contribution in [2.24, 2.45) is 0 Å². The topological polar surface area (TPSA) is 66.4 Å². The van der Waals surface area contributed by atoms with E-state index in [9.17, 15) is 14.7 Å². The second kappa shape index (κ2) is 14.8. The predicted octanol–water partition coefficient (Wildman–Crippen LogP) is 3.22. The lowest BCUT2D eigenvalue weighted by Gasteiger charge is -2.29. The van der Waals surface area contributed by atoms with Gasteiger partial charge in [0.2, 0.25) is 0 Å². The minimum absolute atomic E-state index is 0.109. The quantitative estimate of drug-likeness (QED) is 0.181. The molecule has 0 bridgehead atoms. The number of rotatable bonds is 16. The zero-order valence-electron chi connectivity index (χ0n) is 19.8. The van der Waals surface area contributed by atoms with Gasteiger partial charge in [0.05, 0.1) is 25.2 Å². The predicted molar refractivity (Wildman–Crippen MR) is 103 cm³/mol. The maximum Gasteiger partial charge on any atom is 0.306 e. The van der Waals surface area contributed by atoms with Crippen molar-refractivity contribution in [3.8, 4) is 0 Å². The second-order valence-electron chi connectivity index (χ2n) is 7.48. The lowest BCUT2D eigenvalue weighted by atomic mass is 10.1. The molecule has 0 aliphatic carbocycles. The molecule has 152 valence electrons. The molecular formula is C21H39NO4. The van der Waals surface area contributed by atoms with E-state index in [1.807, 2.05) is 0 Å². The van der Waals surface area contributed by atoms with E-state index >= 15 is 0 Å². The van der Waals surface area contributed by atoms with Crippen LogP contribution in [-0.4, -0.2) is 50.1 Å². The molecule has 0 rings (SSSR count). The molecule has 0 spiro atoms. The van der Waals surface area contributed by atoms with Gasteiger partial charge < -0.3 is 19.1 Å². The zero-order chi connectivity index (χ0) is 22.3. The first-order valence-corrected chi connectivity index (χ1v) is 9.87. The lowest BCUT2D eigenvalue weighted by Crippen LogP contribution is -2.45. The highest BCUT2D eigenvalue weighted by Crippen LogP contribution is 2.11. The van der Waals surface area contributed by atoms with Crippen molar-refractivity contribution in [1.29, 1.82) is 0 Å². The Morgan fingerprint density at radius 1 is 1.08 bits per heavy atom. The van der Waals surface area contributed by atoms with Crippen LogP contribution < -0.4 is 5.11 Å². The number of likely N-dealkylation sites (N-methyl/N-ethyl adjacent to an activating group) is 1. The number of nitrogens with zero attached hydrogens (tertiary/aromatic N) is 1. The molecular weight excluding hydrogens is 330 g/mol. The van der Waals surface area contributed by atoms with Crippen LogP contribution in [0.3, 0.4) is 0 Å². The van der Waals surface area contributed by atoms with Crippen LogP contribution in [0.1, 0.15) is 81.7 Å². The van der Waals surface area contributed by atoms with Crippen LogP contribution in [0.15, 0.2) is 12.2 Å². The lowest BCUT2D eigenvalue weighted by molar-refractivity contribution is -0.873. The molecule has 0 N–H and O–H groups in total. The van der Waals surface area contributed by atoms with E-state index in [1.54, 1.807) is 0 Å². The number of ether oxygens (including phenoxy) is 1. The van der Waals surface area contributed by atoms with E-state index in [0.717, 1.165) is 38.5 Å². The Morgan fingerprint density at radius 3 is 2.31 bits per heavy atom. The monoisotopic (exact) mass is 372 g/mol. The maximum atomic E-state index is 12.0. The second-order valence-corrected chi connectivity index (χ2v) is 7.48. The standard InChI is InChI=1S/C21H39NO4/c1-5-6-7-8-9-10-11-12-13-14-15-16-21(25)26-19(17-20(23)24)18-22(2,3)4/h8-9,19H,5-7,10-18H2,1-4H3/b9-8-/t19-/m1/s1/i2D3. The van der Waals surface area contributed by atoms with Gasteiger partial charge in [0, 0.05) is 18.8 Å². The molecule has 0 amide bonds. The molecule has 0 saturated carbocycles. The Bertz CT molecular complexity index is 505. The third kappa shape index (κ3) is 17.5. The van der Waals surface area contributed by atoms with Crippen LogP contribution in [0.4, 0.5) is 0 Å². The molecule has 5 nitrogen and oxygen atoms in total. The summed E-state index contributed by atoms with van der Waals surface area (Å²) in [6.45, 7) is -0.256. The summed E-state index contributed by atoms with van der Waals surface area (Å²) >= 11 is 0. The number of carboxylic acids is 1. The van der Waals surface area contributed by atoms with Crippen molar-refractivity contribution in [2.45, 2.75) is 83.7 Å². The molecule has 0 aromatic carbocycles. The SMILES string of the molecule is [2H]C([2H])([2H])[N+](C)(C)C[C@@H](CC(=O)[O-])OC(=O)CCCCCCC/C=C\CCCC. The zero-order valence-corrected chi connectivity index (χ0v) is 16.8. The first-order valence-electron chi connectivity index (χ1n) is 11.4. The fourth-order valence-electron chi connectivity index (χ4n) is 2.70. The molecule has 0 aliphatic heterocycles. The number of esters is 1. The van der Waals surface area contributed by atoms with Crippen molar-refractivity contribution >= 4 is 11.9 Å². The summed E-state index contributed by atoms with van der Waals surface area (Å²) in [7, 11) is 2.92. The Kier molecular flexibility index (Phi) is 11.0. The van der Waals surface area contributed by atoms with Gasteiger partial charge in [0.15, 0.2) is 6.10 Å². The van der Waals surface area contributed by atoms with Gasteiger partial charge in [-0.1, -0.05) is 51.2 Å². The molecule has 0 aromatic heterocycles. The van der Waals surface area contributed by atoms with Crippen LogP contribution >= 0.6 is 0 Å². The highest BCUT2D eigenvalue weighted by Gasteiger charge is 2.22. The van der Waals surface area contributed by atoms with E-state index in [-0.39, 0.29) is 13.0 Å². The Hall–Kier alpha value is -1.36. The van der Waals surface area contributed by atoms with E-state index in [4.69, 9.17) is 8.85 Å². The van der Waals surface area contributed by atoms with Crippen molar-refractivity contribution in [2.75, 3.05) is 27.6 Å². The Labute approximate surface area is 164 Å². The van der Waals surface area contributed by atoms with Gasteiger partial charge in [-0.05, 0) is 25.7 Å². The van der Waals surface area contributed by atoms with Crippen molar-refractivity contribution in [3.05, 3.63) is 12.2 Å². The van der Waals surface area contributed by atoms with Gasteiger partial charge in [0.25, 0.3) is 0 Å². The van der Waals surface area contributed by atoms with Crippen molar-refractivity contribution < 1.29 is 28.0 Å². The molecule has 0 unspecified atom stereocenters. The fraction of sp³-hybridized carbons (Fsp3) is 0.810. The number of aliphatic carboxylic acids is 1. The smallest absolute Gasteiger partial charge is 0.306 e. The molecule has 0 aliphatic rings. The summed E-state index contributed by atoms with van der Waals surface area (Å²) in [6.07, 6.45) is 12.8. The number of unbranched alkanes of at least 4 members (excludes halogenated alkanes) is 7.